The Morgan fingerprint density at radius 1 is 0.936 bits per heavy atom. The first-order chi connectivity index (χ1) is 22.2. The van der Waals surface area contributed by atoms with E-state index in [-0.39, 0.29) is 47.4 Å². The van der Waals surface area contributed by atoms with E-state index in [1.807, 2.05) is 48.0 Å². The SMILES string of the molecule is CN1CC(C(=O)NCc2nc(NC(=O)N[C@H]3CC[C@@H](Oc4ccc5nnc(C(C)(C)C)n5c4)c4ccccc43)cc(C(C)(C)C)n2)C1. The number of hydrogen-bond acceptors (Lipinski definition) is 8. The molecule has 0 spiro atoms. The quantitative estimate of drug-likeness (QED) is 0.255. The van der Waals surface area contributed by atoms with Gasteiger partial charge < -0.3 is 20.3 Å². The highest BCUT2D eigenvalue weighted by molar-refractivity contribution is 5.88. The van der Waals surface area contributed by atoms with Crippen molar-refractivity contribution in [3.8, 4) is 5.75 Å². The Morgan fingerprint density at radius 3 is 2.38 bits per heavy atom. The van der Waals surface area contributed by atoms with Gasteiger partial charge in [-0.25, -0.2) is 14.8 Å². The summed E-state index contributed by atoms with van der Waals surface area (Å²) in [4.78, 5) is 37.3. The van der Waals surface area contributed by atoms with Crippen molar-refractivity contribution in [1.82, 2.24) is 40.1 Å². The second-order valence-electron chi connectivity index (χ2n) is 14.8. The zero-order valence-corrected chi connectivity index (χ0v) is 28.3. The van der Waals surface area contributed by atoms with Crippen molar-refractivity contribution in [2.75, 3.05) is 25.5 Å². The lowest BCUT2D eigenvalue weighted by Crippen LogP contribution is -2.51. The molecule has 4 heterocycles. The van der Waals surface area contributed by atoms with E-state index in [4.69, 9.17) is 9.72 Å². The largest absolute Gasteiger partial charge is 0.484 e. The van der Waals surface area contributed by atoms with Crippen LogP contribution in [0.1, 0.15) is 95.0 Å². The Balaban J connectivity index is 1.14. The van der Waals surface area contributed by atoms with Crippen LogP contribution >= 0.6 is 0 Å². The molecule has 0 unspecified atom stereocenters. The normalized spacial score (nSPS) is 18.7. The number of carbonyl (C=O) groups excluding carboxylic acids is 2. The number of nitrogens with one attached hydrogen (secondary N) is 3. The van der Waals surface area contributed by atoms with E-state index in [2.05, 4.69) is 83.6 Å². The fourth-order valence-corrected chi connectivity index (χ4v) is 6.15. The summed E-state index contributed by atoms with van der Waals surface area (Å²) in [6.07, 6.45) is 3.20. The number of amides is 3. The van der Waals surface area contributed by atoms with Crippen LogP contribution in [0.15, 0.2) is 48.7 Å². The monoisotopic (exact) mass is 639 g/mol. The van der Waals surface area contributed by atoms with Gasteiger partial charge in [-0.3, -0.25) is 14.5 Å². The van der Waals surface area contributed by atoms with Crippen molar-refractivity contribution in [3.05, 3.63) is 77.1 Å². The molecule has 1 aliphatic heterocycles. The lowest BCUT2D eigenvalue weighted by atomic mass is 9.85. The molecule has 12 heteroatoms. The number of ether oxygens (including phenoxy) is 1. The molecule has 47 heavy (non-hydrogen) atoms. The van der Waals surface area contributed by atoms with E-state index < -0.39 is 0 Å². The number of carbonyl (C=O) groups is 2. The van der Waals surface area contributed by atoms with E-state index >= 15 is 0 Å². The number of rotatable bonds is 7. The Morgan fingerprint density at radius 2 is 1.68 bits per heavy atom. The molecular formula is C35H45N9O3. The van der Waals surface area contributed by atoms with Gasteiger partial charge in [0.15, 0.2) is 5.65 Å². The van der Waals surface area contributed by atoms with Crippen molar-refractivity contribution in [1.29, 1.82) is 0 Å². The van der Waals surface area contributed by atoms with E-state index in [1.54, 1.807) is 6.07 Å². The lowest BCUT2D eigenvalue weighted by Gasteiger charge is -2.34. The summed E-state index contributed by atoms with van der Waals surface area (Å²) in [6, 6.07) is 13.2. The first-order valence-electron chi connectivity index (χ1n) is 16.3. The first-order valence-corrected chi connectivity index (χ1v) is 16.3. The highest BCUT2D eigenvalue weighted by Gasteiger charge is 2.31. The van der Waals surface area contributed by atoms with Crippen molar-refractivity contribution >= 4 is 23.4 Å². The number of aromatic nitrogens is 5. The summed E-state index contributed by atoms with van der Waals surface area (Å²) in [6.45, 7) is 14.2. The third-order valence-electron chi connectivity index (χ3n) is 8.70. The number of benzene rings is 1. The van der Waals surface area contributed by atoms with Gasteiger partial charge in [0.2, 0.25) is 5.91 Å². The molecular weight excluding hydrogens is 594 g/mol. The van der Waals surface area contributed by atoms with E-state index in [0.29, 0.717) is 18.1 Å². The number of fused-ring (bicyclic) bond motifs is 2. The zero-order chi connectivity index (χ0) is 33.5. The Hall–Kier alpha value is -4.58. The van der Waals surface area contributed by atoms with Crippen LogP contribution in [0.25, 0.3) is 5.65 Å². The molecule has 4 aromatic rings. The van der Waals surface area contributed by atoms with Crippen LogP contribution < -0.4 is 20.7 Å². The summed E-state index contributed by atoms with van der Waals surface area (Å²) in [5.41, 5.74) is 3.16. The predicted octanol–water partition coefficient (Wildman–Crippen LogP) is 5.07. The van der Waals surface area contributed by atoms with Crippen LogP contribution in [0.5, 0.6) is 5.75 Å². The molecule has 6 rings (SSSR count). The zero-order valence-electron chi connectivity index (χ0n) is 28.3. The molecule has 2 aliphatic rings. The van der Waals surface area contributed by atoms with Gasteiger partial charge in [0.25, 0.3) is 0 Å². The fourth-order valence-electron chi connectivity index (χ4n) is 6.15. The number of hydrogen-bond donors (Lipinski definition) is 3. The van der Waals surface area contributed by atoms with Crippen LogP contribution in [-0.2, 0) is 22.2 Å². The molecule has 1 fully saturated rings. The molecule has 12 nitrogen and oxygen atoms in total. The molecule has 3 aromatic heterocycles. The van der Waals surface area contributed by atoms with Crippen molar-refractivity contribution in [2.24, 2.45) is 5.92 Å². The molecule has 3 amide bonds. The van der Waals surface area contributed by atoms with Gasteiger partial charge in [-0.15, -0.1) is 10.2 Å². The minimum absolute atomic E-state index is 0.00712. The van der Waals surface area contributed by atoms with Crippen LogP contribution in [-0.4, -0.2) is 61.5 Å². The van der Waals surface area contributed by atoms with Crippen LogP contribution in [0.4, 0.5) is 10.6 Å². The molecule has 2 atom stereocenters. The Labute approximate surface area is 275 Å². The molecule has 3 N–H and O–H groups in total. The maximum Gasteiger partial charge on any atom is 0.320 e. The van der Waals surface area contributed by atoms with Gasteiger partial charge in [-0.1, -0.05) is 65.8 Å². The topological polar surface area (TPSA) is 139 Å². The van der Waals surface area contributed by atoms with Crippen LogP contribution in [0, 0.1) is 5.92 Å². The third kappa shape index (κ3) is 7.22. The minimum atomic E-state index is -0.358. The molecule has 1 aromatic carbocycles. The van der Waals surface area contributed by atoms with Crippen molar-refractivity contribution < 1.29 is 14.3 Å². The van der Waals surface area contributed by atoms with Crippen LogP contribution in [0.3, 0.4) is 0 Å². The van der Waals surface area contributed by atoms with Crippen molar-refractivity contribution in [2.45, 2.75) is 83.9 Å². The fraction of sp³-hybridized carbons (Fsp3) is 0.486. The molecule has 1 saturated heterocycles. The number of urea groups is 1. The second-order valence-corrected chi connectivity index (χ2v) is 14.8. The van der Waals surface area contributed by atoms with E-state index in [9.17, 15) is 9.59 Å². The summed E-state index contributed by atoms with van der Waals surface area (Å²) in [7, 11) is 1.99. The van der Waals surface area contributed by atoms with Crippen LogP contribution in [0.2, 0.25) is 0 Å². The van der Waals surface area contributed by atoms with Gasteiger partial charge in [0.05, 0.1) is 30.4 Å². The molecule has 0 saturated carbocycles. The highest BCUT2D eigenvalue weighted by atomic mass is 16.5. The summed E-state index contributed by atoms with van der Waals surface area (Å²) >= 11 is 0. The average Bonchev–Trinajstić information content (AvgIpc) is 3.43. The Bertz CT molecular complexity index is 1780. The number of anilines is 1. The van der Waals surface area contributed by atoms with Gasteiger partial charge >= 0.3 is 6.03 Å². The summed E-state index contributed by atoms with van der Waals surface area (Å²) < 4.78 is 8.54. The number of likely N-dealkylation sites (tertiary alicyclic amines) is 1. The summed E-state index contributed by atoms with van der Waals surface area (Å²) in [5, 5.41) is 17.7. The van der Waals surface area contributed by atoms with Gasteiger partial charge in [0.1, 0.15) is 29.3 Å². The average molecular weight is 640 g/mol. The highest BCUT2D eigenvalue weighted by Crippen LogP contribution is 2.39. The number of pyridine rings is 1. The van der Waals surface area contributed by atoms with E-state index in [0.717, 1.165) is 53.6 Å². The lowest BCUT2D eigenvalue weighted by molar-refractivity contribution is -0.129. The number of nitrogens with zero attached hydrogens (tertiary/aromatic N) is 6. The van der Waals surface area contributed by atoms with Gasteiger partial charge in [0, 0.05) is 30.0 Å². The first kappa shape index (κ1) is 32.4. The third-order valence-corrected chi connectivity index (χ3v) is 8.70. The standard InChI is InChI=1S/C35H45N9O3/c1-34(2,3)27-16-28(39-29(38-27)17-36-31(45)21-18-43(7)19-21)40-33(46)37-25-13-14-26(24-11-9-8-10-23(24)25)47-22-12-15-30-41-42-32(35(4,5)6)44(30)20-22/h8-12,15-16,20-21,25-26H,13-14,17-19H2,1-7H3,(H,36,45)(H2,37,38,39,40,46)/t25-,26+/m0/s1. The van der Waals surface area contributed by atoms with Gasteiger partial charge in [-0.05, 0) is 43.1 Å². The van der Waals surface area contributed by atoms with E-state index in [1.165, 1.54) is 0 Å². The maximum atomic E-state index is 13.4. The minimum Gasteiger partial charge on any atom is -0.484 e. The molecule has 0 bridgehead atoms. The van der Waals surface area contributed by atoms with Crippen molar-refractivity contribution in [3.63, 3.8) is 0 Å². The molecule has 248 valence electrons. The summed E-state index contributed by atoms with van der Waals surface area (Å²) in [5.74, 6) is 2.42. The molecule has 1 aliphatic carbocycles. The smallest absolute Gasteiger partial charge is 0.320 e. The predicted molar refractivity (Wildman–Crippen MR) is 179 cm³/mol. The van der Waals surface area contributed by atoms with Gasteiger partial charge in [-0.2, -0.15) is 0 Å². The molecule has 0 radical (unpaired) electrons. The second kappa shape index (κ2) is 12.6. The maximum absolute atomic E-state index is 13.4. The Kier molecular flexibility index (Phi) is 8.64.